The van der Waals surface area contributed by atoms with Gasteiger partial charge in [-0.3, -0.25) is 9.59 Å². The molecule has 30 heavy (non-hydrogen) atoms. The van der Waals surface area contributed by atoms with Gasteiger partial charge < -0.3 is 20.2 Å². The summed E-state index contributed by atoms with van der Waals surface area (Å²) in [6.07, 6.45) is 0.394. The number of hydrogen-bond acceptors (Lipinski definition) is 6. The van der Waals surface area contributed by atoms with Crippen LogP contribution < -0.4 is 5.32 Å². The molecule has 0 aliphatic carbocycles. The van der Waals surface area contributed by atoms with Crippen LogP contribution in [0.25, 0.3) is 0 Å². The molecule has 1 aromatic carbocycles. The van der Waals surface area contributed by atoms with Gasteiger partial charge in [0.05, 0.1) is 12.2 Å². The third kappa shape index (κ3) is 5.13. The lowest BCUT2D eigenvalue weighted by Gasteiger charge is -2.24. The Balaban J connectivity index is 1.76. The van der Waals surface area contributed by atoms with E-state index >= 15 is 0 Å². The Labute approximate surface area is 176 Å². The molecule has 0 saturated carbocycles. The molecular weight excluding hydrogens is 382 g/mol. The first-order valence-electron chi connectivity index (χ1n) is 10.0. The van der Waals surface area contributed by atoms with E-state index in [1.54, 1.807) is 14.1 Å². The lowest BCUT2D eigenvalue weighted by molar-refractivity contribution is -0.147. The molecule has 2 N–H and O–H groups in total. The van der Waals surface area contributed by atoms with Crippen molar-refractivity contribution >= 4 is 17.6 Å². The molecule has 0 unspecified atom stereocenters. The summed E-state index contributed by atoms with van der Waals surface area (Å²) >= 11 is 0. The number of amides is 2. The fraction of sp³-hybridized carbons (Fsp3) is 0.455. The van der Waals surface area contributed by atoms with Crippen LogP contribution in [0.5, 0.6) is 0 Å². The van der Waals surface area contributed by atoms with E-state index in [2.05, 4.69) is 15.3 Å². The minimum atomic E-state index is -1.46. The summed E-state index contributed by atoms with van der Waals surface area (Å²) in [4.78, 5) is 37.2. The van der Waals surface area contributed by atoms with Gasteiger partial charge in [0.25, 0.3) is 5.91 Å². The number of nitrogens with zero attached hydrogens (tertiary/aromatic N) is 4. The van der Waals surface area contributed by atoms with Gasteiger partial charge in [0.1, 0.15) is 17.2 Å². The van der Waals surface area contributed by atoms with E-state index < -0.39 is 11.5 Å². The van der Waals surface area contributed by atoms with Crippen molar-refractivity contribution in [3.8, 4) is 0 Å². The molecule has 2 amide bonds. The maximum atomic E-state index is 12.6. The second-order valence-electron chi connectivity index (χ2n) is 8.23. The van der Waals surface area contributed by atoms with E-state index in [1.807, 2.05) is 41.3 Å². The van der Waals surface area contributed by atoms with E-state index in [0.717, 1.165) is 11.3 Å². The highest BCUT2D eigenvalue weighted by Crippen LogP contribution is 2.29. The zero-order valence-corrected chi connectivity index (χ0v) is 17.9. The van der Waals surface area contributed by atoms with Crippen molar-refractivity contribution in [1.82, 2.24) is 19.8 Å². The lowest BCUT2D eigenvalue weighted by atomic mass is 10.0. The molecule has 1 aliphatic heterocycles. The van der Waals surface area contributed by atoms with Gasteiger partial charge in [-0.05, 0) is 19.4 Å². The Bertz CT molecular complexity index is 911. The van der Waals surface area contributed by atoms with Crippen LogP contribution in [0.1, 0.15) is 43.3 Å². The maximum Gasteiger partial charge on any atom is 0.254 e. The summed E-state index contributed by atoms with van der Waals surface area (Å²) in [6, 6.07) is 11.8. The largest absolute Gasteiger partial charge is 0.381 e. The molecule has 1 aliphatic rings. The van der Waals surface area contributed by atoms with Gasteiger partial charge in [0, 0.05) is 45.6 Å². The number of carbonyl (C=O) groups excluding carboxylic acids is 2. The number of hydrogen-bond donors (Lipinski definition) is 2. The molecule has 0 bridgehead atoms. The molecule has 160 valence electrons. The average molecular weight is 412 g/mol. The summed E-state index contributed by atoms with van der Waals surface area (Å²) in [5.74, 6) is 0.751. The van der Waals surface area contributed by atoms with Crippen LogP contribution >= 0.6 is 0 Å². The molecule has 1 fully saturated rings. The van der Waals surface area contributed by atoms with Gasteiger partial charge in [0.15, 0.2) is 0 Å². The zero-order valence-electron chi connectivity index (χ0n) is 17.9. The van der Waals surface area contributed by atoms with E-state index in [1.165, 1.54) is 18.7 Å². The molecule has 2 heterocycles. The van der Waals surface area contributed by atoms with Crippen LogP contribution in [0.2, 0.25) is 0 Å². The van der Waals surface area contributed by atoms with E-state index in [0.29, 0.717) is 31.2 Å². The molecule has 2 aromatic rings. The standard InChI is InChI=1S/C22H29N5O3/c1-22(2,30)21(29)26(4)14-19-24-17(11-18(23-3)25-19)16-10-20(28)27(13-16)12-15-8-6-5-7-9-15/h5-9,11,16,30H,10,12-14H2,1-4H3,(H,23,24,25)/t16-/m1/s1. The summed E-state index contributed by atoms with van der Waals surface area (Å²) < 4.78 is 0. The van der Waals surface area contributed by atoms with Crippen LogP contribution in [0, 0.1) is 0 Å². The van der Waals surface area contributed by atoms with Gasteiger partial charge in [-0.1, -0.05) is 30.3 Å². The first-order valence-corrected chi connectivity index (χ1v) is 10.0. The minimum absolute atomic E-state index is 0.0367. The number of rotatable bonds is 7. The van der Waals surface area contributed by atoms with Crippen molar-refractivity contribution in [2.24, 2.45) is 0 Å². The number of anilines is 1. The smallest absolute Gasteiger partial charge is 0.254 e. The summed E-state index contributed by atoms with van der Waals surface area (Å²) in [6.45, 7) is 4.24. The second kappa shape index (κ2) is 8.79. The molecule has 0 radical (unpaired) electrons. The van der Waals surface area contributed by atoms with Crippen LogP contribution in [0.4, 0.5) is 5.82 Å². The molecule has 1 saturated heterocycles. The first-order chi connectivity index (χ1) is 14.2. The summed E-state index contributed by atoms with van der Waals surface area (Å²) in [7, 11) is 3.37. The highest BCUT2D eigenvalue weighted by Gasteiger charge is 2.32. The molecule has 8 heteroatoms. The Morgan fingerprint density at radius 2 is 2.00 bits per heavy atom. The van der Waals surface area contributed by atoms with Crippen molar-refractivity contribution < 1.29 is 14.7 Å². The predicted molar refractivity (Wildman–Crippen MR) is 114 cm³/mol. The van der Waals surface area contributed by atoms with Crippen molar-refractivity contribution in [1.29, 1.82) is 0 Å². The van der Waals surface area contributed by atoms with E-state index in [9.17, 15) is 14.7 Å². The molecule has 0 spiro atoms. The second-order valence-corrected chi connectivity index (χ2v) is 8.23. The highest BCUT2D eigenvalue weighted by atomic mass is 16.3. The van der Waals surface area contributed by atoms with Crippen LogP contribution in [0.3, 0.4) is 0 Å². The van der Waals surface area contributed by atoms with Gasteiger partial charge in [-0.25, -0.2) is 9.97 Å². The molecule has 1 atom stereocenters. The number of benzene rings is 1. The van der Waals surface area contributed by atoms with Gasteiger partial charge in [-0.15, -0.1) is 0 Å². The Hall–Kier alpha value is -3.00. The number of carbonyl (C=O) groups is 2. The first kappa shape index (κ1) is 21.7. The monoisotopic (exact) mass is 411 g/mol. The Morgan fingerprint density at radius 1 is 1.30 bits per heavy atom. The molecule has 8 nitrogen and oxygen atoms in total. The normalized spacial score (nSPS) is 16.6. The number of likely N-dealkylation sites (tertiary alicyclic amines) is 1. The lowest BCUT2D eigenvalue weighted by Crippen LogP contribution is -2.43. The van der Waals surface area contributed by atoms with Crippen LogP contribution in [-0.2, 0) is 22.7 Å². The van der Waals surface area contributed by atoms with Crippen LogP contribution in [-0.4, -0.2) is 62.9 Å². The SMILES string of the molecule is CNc1cc([C@@H]2CC(=O)N(Cc3ccccc3)C2)nc(CN(C)C(=O)C(C)(C)O)n1. The predicted octanol–water partition coefficient (Wildman–Crippen LogP) is 1.76. The minimum Gasteiger partial charge on any atom is -0.381 e. The fourth-order valence-corrected chi connectivity index (χ4v) is 3.60. The summed E-state index contributed by atoms with van der Waals surface area (Å²) in [5.41, 5.74) is 0.406. The number of aromatic nitrogens is 2. The van der Waals surface area contributed by atoms with Crippen molar-refractivity contribution in [3.63, 3.8) is 0 Å². The number of likely N-dealkylation sites (N-methyl/N-ethyl adjacent to an activating group) is 1. The average Bonchev–Trinajstić information content (AvgIpc) is 3.07. The number of nitrogens with one attached hydrogen (secondary N) is 1. The van der Waals surface area contributed by atoms with Gasteiger partial charge in [0.2, 0.25) is 5.91 Å². The maximum absolute atomic E-state index is 12.6. The number of aliphatic hydroxyl groups is 1. The fourth-order valence-electron chi connectivity index (χ4n) is 3.60. The quantitative estimate of drug-likeness (QED) is 0.720. The molecular formula is C22H29N5O3. The zero-order chi connectivity index (χ0) is 21.9. The summed E-state index contributed by atoms with van der Waals surface area (Å²) in [5, 5.41) is 13.0. The van der Waals surface area contributed by atoms with Crippen molar-refractivity contribution in [2.75, 3.05) is 26.0 Å². The highest BCUT2D eigenvalue weighted by molar-refractivity contribution is 5.83. The molecule has 1 aromatic heterocycles. The van der Waals surface area contributed by atoms with E-state index in [-0.39, 0.29) is 18.4 Å². The topological polar surface area (TPSA) is 98.7 Å². The Morgan fingerprint density at radius 3 is 2.63 bits per heavy atom. The van der Waals surface area contributed by atoms with Crippen molar-refractivity contribution in [2.45, 2.75) is 44.9 Å². The third-order valence-electron chi connectivity index (χ3n) is 5.15. The Kier molecular flexibility index (Phi) is 6.36. The third-order valence-corrected chi connectivity index (χ3v) is 5.15. The van der Waals surface area contributed by atoms with Crippen molar-refractivity contribution in [3.05, 3.63) is 53.5 Å². The van der Waals surface area contributed by atoms with Gasteiger partial charge >= 0.3 is 0 Å². The van der Waals surface area contributed by atoms with Gasteiger partial charge in [-0.2, -0.15) is 0 Å². The van der Waals surface area contributed by atoms with E-state index in [4.69, 9.17) is 0 Å². The molecule has 3 rings (SSSR count). The van der Waals surface area contributed by atoms with Crippen LogP contribution in [0.15, 0.2) is 36.4 Å².